The molecule has 0 spiro atoms. The van der Waals surface area contributed by atoms with Crippen LogP contribution in [0.4, 0.5) is 0 Å². The van der Waals surface area contributed by atoms with Gasteiger partial charge in [-0.2, -0.15) is 0 Å². The zero-order chi connectivity index (χ0) is 19.3. The smallest absolute Gasteiger partial charge is 0.0676 e. The van der Waals surface area contributed by atoms with Crippen molar-refractivity contribution in [3.05, 3.63) is 121 Å². The summed E-state index contributed by atoms with van der Waals surface area (Å²) in [5.41, 5.74) is 11.0. The third kappa shape index (κ3) is 2.49. The summed E-state index contributed by atoms with van der Waals surface area (Å²) >= 11 is 2.51. The van der Waals surface area contributed by atoms with Crippen molar-refractivity contribution in [3.8, 4) is 0 Å². The molecule has 2 aliphatic carbocycles. The quantitative estimate of drug-likeness (QED) is 0.341. The summed E-state index contributed by atoms with van der Waals surface area (Å²) in [7, 11) is 0. The van der Waals surface area contributed by atoms with Gasteiger partial charge in [-0.3, -0.25) is 0 Å². The second-order valence-electron chi connectivity index (χ2n) is 7.98. The Hall–Kier alpha value is -2.13. The highest BCUT2D eigenvalue weighted by Crippen LogP contribution is 2.57. The molecule has 0 aliphatic heterocycles. The van der Waals surface area contributed by atoms with E-state index in [1.54, 1.807) is 5.57 Å². The third-order valence-electron chi connectivity index (χ3n) is 6.28. The Bertz CT molecular complexity index is 1070. The van der Waals surface area contributed by atoms with E-state index in [0.29, 0.717) is 0 Å². The van der Waals surface area contributed by atoms with E-state index < -0.39 is 0 Å². The van der Waals surface area contributed by atoms with Crippen LogP contribution in [0.3, 0.4) is 0 Å². The van der Waals surface area contributed by atoms with E-state index in [1.807, 2.05) is 0 Å². The Kier molecular flexibility index (Phi) is 4.31. The second-order valence-corrected chi connectivity index (χ2v) is 9.14. The van der Waals surface area contributed by atoms with Gasteiger partial charge in [0.2, 0.25) is 0 Å². The van der Waals surface area contributed by atoms with Gasteiger partial charge >= 0.3 is 0 Å². The minimum absolute atomic E-state index is 0.196. The van der Waals surface area contributed by atoms with Crippen LogP contribution in [0, 0.1) is 17.4 Å². The standard InChI is InChI=1S/C27H23I/c1-18-10-14-20(15-11-18)27(21-16-12-19(2)13-17-21)23-7-4-3-6-22(23)26-24(27)8-5-9-25(26)28/h3,5-6,8-17H,4,7H2,1-2H3. The normalized spacial score (nSPS) is 16.8. The number of rotatable bonds is 2. The third-order valence-corrected chi connectivity index (χ3v) is 7.18. The van der Waals surface area contributed by atoms with Gasteiger partial charge in [-0.15, -0.1) is 0 Å². The zero-order valence-corrected chi connectivity index (χ0v) is 18.5. The lowest BCUT2D eigenvalue weighted by molar-refractivity contribution is 0.696. The Balaban J connectivity index is 1.93. The molecule has 3 aromatic carbocycles. The van der Waals surface area contributed by atoms with E-state index in [4.69, 9.17) is 0 Å². The van der Waals surface area contributed by atoms with E-state index in [0.717, 1.165) is 12.8 Å². The monoisotopic (exact) mass is 474 g/mol. The van der Waals surface area contributed by atoms with Crippen LogP contribution < -0.4 is 0 Å². The van der Waals surface area contributed by atoms with Crippen LogP contribution in [0.1, 0.15) is 46.2 Å². The molecule has 1 heteroatoms. The number of halogens is 1. The summed E-state index contributed by atoms with van der Waals surface area (Å²) in [5, 5.41) is 0. The molecular formula is C27H23I. The molecule has 28 heavy (non-hydrogen) atoms. The summed E-state index contributed by atoms with van der Waals surface area (Å²) in [5.74, 6) is 0. The average Bonchev–Trinajstić information content (AvgIpc) is 3.02. The fraction of sp³-hybridized carbons (Fsp3) is 0.185. The highest BCUT2D eigenvalue weighted by Gasteiger charge is 2.47. The minimum Gasteiger partial charge on any atom is -0.0836 e. The lowest BCUT2D eigenvalue weighted by atomic mass is 9.65. The molecule has 5 rings (SSSR count). The van der Waals surface area contributed by atoms with E-state index in [2.05, 4.69) is 115 Å². The SMILES string of the molecule is Cc1ccc(C2(c3ccc(C)cc3)C3=C(C=CCC3)c3c(I)cccc32)cc1. The van der Waals surface area contributed by atoms with E-state index in [9.17, 15) is 0 Å². The van der Waals surface area contributed by atoms with Gasteiger partial charge < -0.3 is 0 Å². The number of aryl methyl sites for hydroxylation is 2. The predicted molar refractivity (Wildman–Crippen MR) is 127 cm³/mol. The fourth-order valence-electron chi connectivity index (χ4n) is 4.99. The molecule has 0 saturated heterocycles. The largest absolute Gasteiger partial charge is 0.0836 e. The van der Waals surface area contributed by atoms with Crippen molar-refractivity contribution in [1.29, 1.82) is 0 Å². The second kappa shape index (κ2) is 6.73. The number of fused-ring (bicyclic) bond motifs is 2. The molecule has 0 heterocycles. The van der Waals surface area contributed by atoms with Crippen LogP contribution in [-0.2, 0) is 5.41 Å². The Morgan fingerprint density at radius 1 is 0.786 bits per heavy atom. The highest BCUT2D eigenvalue weighted by molar-refractivity contribution is 14.1. The number of allylic oxidation sites excluding steroid dienone is 4. The fourth-order valence-corrected chi connectivity index (χ4v) is 5.78. The number of hydrogen-bond donors (Lipinski definition) is 0. The van der Waals surface area contributed by atoms with E-state index in [-0.39, 0.29) is 5.41 Å². The van der Waals surface area contributed by atoms with Crippen LogP contribution in [0.25, 0.3) is 5.57 Å². The molecular weight excluding hydrogens is 451 g/mol. The molecule has 2 aliphatic rings. The first kappa shape index (κ1) is 17.9. The van der Waals surface area contributed by atoms with E-state index in [1.165, 1.54) is 42.5 Å². The van der Waals surface area contributed by atoms with Crippen molar-refractivity contribution in [1.82, 2.24) is 0 Å². The van der Waals surface area contributed by atoms with Gasteiger partial charge in [-0.25, -0.2) is 0 Å². The first-order valence-electron chi connectivity index (χ1n) is 9.96. The Labute approximate surface area is 181 Å². The topological polar surface area (TPSA) is 0 Å². The van der Waals surface area contributed by atoms with E-state index >= 15 is 0 Å². The molecule has 0 saturated carbocycles. The van der Waals surface area contributed by atoms with Gasteiger partial charge in [-0.05, 0) is 88.7 Å². The minimum atomic E-state index is -0.196. The van der Waals surface area contributed by atoms with Crippen molar-refractivity contribution in [2.24, 2.45) is 0 Å². The zero-order valence-electron chi connectivity index (χ0n) is 16.3. The molecule has 138 valence electrons. The van der Waals surface area contributed by atoms with Crippen LogP contribution in [0.5, 0.6) is 0 Å². The van der Waals surface area contributed by atoms with Gasteiger partial charge in [-0.1, -0.05) is 83.9 Å². The lowest BCUT2D eigenvalue weighted by Crippen LogP contribution is -2.30. The maximum absolute atomic E-state index is 2.51. The summed E-state index contributed by atoms with van der Waals surface area (Å²) < 4.78 is 1.34. The molecule has 0 unspecified atom stereocenters. The van der Waals surface area contributed by atoms with Crippen LogP contribution >= 0.6 is 22.6 Å². The molecule has 0 N–H and O–H groups in total. The summed E-state index contributed by atoms with van der Waals surface area (Å²) in [6, 6.07) is 25.2. The van der Waals surface area contributed by atoms with Crippen LogP contribution in [0.15, 0.2) is 84.5 Å². The van der Waals surface area contributed by atoms with Crippen molar-refractivity contribution >= 4 is 28.2 Å². The number of benzene rings is 3. The predicted octanol–water partition coefficient (Wildman–Crippen LogP) is 7.36. The maximum Gasteiger partial charge on any atom is 0.0676 e. The van der Waals surface area contributed by atoms with Gasteiger partial charge in [0.1, 0.15) is 0 Å². The van der Waals surface area contributed by atoms with Gasteiger partial charge in [0.15, 0.2) is 0 Å². The molecule has 0 amide bonds. The molecule has 3 aromatic rings. The molecule has 0 radical (unpaired) electrons. The summed E-state index contributed by atoms with van der Waals surface area (Å²) in [4.78, 5) is 0. The van der Waals surface area contributed by atoms with Gasteiger partial charge in [0.25, 0.3) is 0 Å². The maximum atomic E-state index is 2.51. The van der Waals surface area contributed by atoms with Gasteiger partial charge in [0, 0.05) is 3.57 Å². The molecule has 0 aromatic heterocycles. The number of hydrogen-bond acceptors (Lipinski definition) is 0. The Morgan fingerprint density at radius 3 is 2.00 bits per heavy atom. The van der Waals surface area contributed by atoms with Crippen molar-refractivity contribution < 1.29 is 0 Å². The summed E-state index contributed by atoms with van der Waals surface area (Å²) in [6.45, 7) is 4.34. The van der Waals surface area contributed by atoms with Crippen LogP contribution in [0.2, 0.25) is 0 Å². The molecule has 0 fully saturated rings. The highest BCUT2D eigenvalue weighted by atomic mass is 127. The van der Waals surface area contributed by atoms with Gasteiger partial charge in [0.05, 0.1) is 5.41 Å². The molecule has 0 atom stereocenters. The van der Waals surface area contributed by atoms with Crippen molar-refractivity contribution in [2.75, 3.05) is 0 Å². The Morgan fingerprint density at radius 2 is 1.39 bits per heavy atom. The van der Waals surface area contributed by atoms with Crippen molar-refractivity contribution in [3.63, 3.8) is 0 Å². The first-order valence-corrected chi connectivity index (χ1v) is 11.0. The molecule has 0 bridgehead atoms. The average molecular weight is 474 g/mol. The first-order chi connectivity index (χ1) is 13.6. The molecule has 0 nitrogen and oxygen atoms in total. The summed E-state index contributed by atoms with van der Waals surface area (Å²) in [6.07, 6.45) is 6.93. The van der Waals surface area contributed by atoms with Crippen LogP contribution in [-0.4, -0.2) is 0 Å². The lowest BCUT2D eigenvalue weighted by Gasteiger charge is -2.36. The van der Waals surface area contributed by atoms with Crippen molar-refractivity contribution in [2.45, 2.75) is 32.1 Å².